The average molecular weight is 367 g/mol. The van der Waals surface area contributed by atoms with Gasteiger partial charge in [0.15, 0.2) is 0 Å². The normalized spacial score (nSPS) is 17.2. The first-order valence-corrected chi connectivity index (χ1v) is 7.91. The van der Waals surface area contributed by atoms with Crippen molar-refractivity contribution >= 4 is 5.91 Å². The summed E-state index contributed by atoms with van der Waals surface area (Å²) < 4.78 is 46.6. The number of carbonyl (C=O) groups excluding carboxylic acids is 1. The maximum absolute atomic E-state index is 12.5. The van der Waals surface area contributed by atoms with Crippen molar-refractivity contribution in [1.82, 2.24) is 14.9 Å². The Labute approximate surface area is 147 Å². The minimum Gasteiger partial charge on any atom is -0.472 e. The zero-order valence-electron chi connectivity index (χ0n) is 13.9. The van der Waals surface area contributed by atoms with E-state index < -0.39 is 12.1 Å². The number of benzene rings is 1. The Morgan fingerprint density at radius 1 is 1.31 bits per heavy atom. The first kappa shape index (κ1) is 18.0. The van der Waals surface area contributed by atoms with Crippen LogP contribution in [0.3, 0.4) is 0 Å². The van der Waals surface area contributed by atoms with Crippen LogP contribution in [-0.2, 0) is 0 Å². The van der Waals surface area contributed by atoms with Crippen LogP contribution in [0.15, 0.2) is 36.5 Å². The fourth-order valence-corrected chi connectivity index (χ4v) is 2.69. The van der Waals surface area contributed by atoms with E-state index in [1.807, 2.05) is 0 Å². The van der Waals surface area contributed by atoms with Gasteiger partial charge in [-0.15, -0.1) is 13.2 Å². The third-order valence-electron chi connectivity index (χ3n) is 3.78. The summed E-state index contributed by atoms with van der Waals surface area (Å²) in [5.41, 5.74) is 0.130. The fraction of sp³-hybridized carbons (Fsp3) is 0.353. The van der Waals surface area contributed by atoms with Crippen LogP contribution in [0.5, 0.6) is 11.6 Å². The smallest absolute Gasteiger partial charge is 0.472 e. The lowest BCUT2D eigenvalue weighted by Crippen LogP contribution is -2.31. The molecule has 3 rings (SSSR count). The second-order valence-corrected chi connectivity index (χ2v) is 5.80. The highest BCUT2D eigenvalue weighted by atomic mass is 19.4. The van der Waals surface area contributed by atoms with Crippen LogP contribution in [0.1, 0.15) is 22.6 Å². The summed E-state index contributed by atoms with van der Waals surface area (Å²) in [6.45, 7) is 2.51. The fourth-order valence-electron chi connectivity index (χ4n) is 2.69. The van der Waals surface area contributed by atoms with Crippen molar-refractivity contribution in [2.24, 2.45) is 0 Å². The minimum atomic E-state index is -4.80. The number of aromatic nitrogens is 2. The molecular weight excluding hydrogens is 351 g/mol. The molecule has 0 N–H and O–H groups in total. The summed E-state index contributed by atoms with van der Waals surface area (Å²) >= 11 is 0. The third-order valence-corrected chi connectivity index (χ3v) is 3.78. The maximum atomic E-state index is 12.5. The summed E-state index contributed by atoms with van der Waals surface area (Å²) in [6, 6.07) is 6.67. The molecule has 1 aromatic carbocycles. The van der Waals surface area contributed by atoms with E-state index in [1.165, 1.54) is 17.0 Å². The molecule has 6 nitrogen and oxygen atoms in total. The van der Waals surface area contributed by atoms with Crippen molar-refractivity contribution in [2.45, 2.75) is 25.8 Å². The predicted octanol–water partition coefficient (Wildman–Crippen LogP) is 2.98. The number of hydrogen-bond acceptors (Lipinski definition) is 5. The minimum absolute atomic E-state index is 0.130. The molecule has 2 aromatic rings. The number of likely N-dealkylation sites (tertiary alicyclic amines) is 1. The van der Waals surface area contributed by atoms with Gasteiger partial charge in [0, 0.05) is 30.8 Å². The van der Waals surface area contributed by atoms with E-state index in [1.54, 1.807) is 19.2 Å². The number of nitrogens with zero attached hydrogens (tertiary/aromatic N) is 3. The second kappa shape index (κ2) is 7.19. The number of halogens is 3. The molecule has 0 aliphatic carbocycles. The van der Waals surface area contributed by atoms with Crippen molar-refractivity contribution in [2.75, 3.05) is 13.1 Å². The van der Waals surface area contributed by atoms with Crippen LogP contribution in [0.2, 0.25) is 0 Å². The van der Waals surface area contributed by atoms with Gasteiger partial charge in [-0.05, 0) is 25.1 Å². The standard InChI is InChI=1S/C17H16F3N3O3/c1-11-21-7-5-15(22-11)25-14-6-8-23(10-14)16(24)12-3-2-4-13(9-12)26-17(18,19)20/h2-5,7,9,14H,6,8,10H2,1H3/t14-/m0/s1. The molecule has 1 aliphatic rings. The Bertz CT molecular complexity index is 798. The lowest BCUT2D eigenvalue weighted by Gasteiger charge is -2.17. The summed E-state index contributed by atoms with van der Waals surface area (Å²) in [4.78, 5) is 22.2. The van der Waals surface area contributed by atoms with Gasteiger partial charge < -0.3 is 14.4 Å². The Hall–Kier alpha value is -2.84. The van der Waals surface area contributed by atoms with Crippen LogP contribution >= 0.6 is 0 Å². The number of carbonyl (C=O) groups is 1. The zero-order valence-corrected chi connectivity index (χ0v) is 13.9. The first-order chi connectivity index (χ1) is 12.3. The molecule has 0 unspecified atom stereocenters. The van der Waals surface area contributed by atoms with Crippen LogP contribution in [0, 0.1) is 6.92 Å². The van der Waals surface area contributed by atoms with Gasteiger partial charge in [0.25, 0.3) is 5.91 Å². The molecule has 1 aliphatic heterocycles. The molecule has 0 radical (unpaired) electrons. The van der Waals surface area contributed by atoms with E-state index >= 15 is 0 Å². The van der Waals surface area contributed by atoms with Gasteiger partial charge in [-0.1, -0.05) is 6.07 Å². The van der Waals surface area contributed by atoms with E-state index in [0.717, 1.165) is 12.1 Å². The van der Waals surface area contributed by atoms with Gasteiger partial charge in [-0.25, -0.2) is 4.98 Å². The van der Waals surface area contributed by atoms with Gasteiger partial charge in [-0.2, -0.15) is 4.98 Å². The Balaban J connectivity index is 1.63. The molecule has 138 valence electrons. The van der Waals surface area contributed by atoms with E-state index in [0.29, 0.717) is 31.2 Å². The van der Waals surface area contributed by atoms with Crippen molar-refractivity contribution in [1.29, 1.82) is 0 Å². The number of ether oxygens (including phenoxy) is 2. The van der Waals surface area contributed by atoms with Crippen molar-refractivity contribution < 1.29 is 27.4 Å². The van der Waals surface area contributed by atoms with Crippen molar-refractivity contribution in [3.05, 3.63) is 47.9 Å². The zero-order chi connectivity index (χ0) is 18.7. The van der Waals surface area contributed by atoms with Gasteiger partial charge in [0.05, 0.1) is 6.54 Å². The molecule has 1 aromatic heterocycles. The van der Waals surface area contributed by atoms with Gasteiger partial charge >= 0.3 is 6.36 Å². The molecule has 1 atom stereocenters. The highest BCUT2D eigenvalue weighted by molar-refractivity contribution is 5.94. The van der Waals surface area contributed by atoms with E-state index in [-0.39, 0.29) is 17.6 Å². The second-order valence-electron chi connectivity index (χ2n) is 5.80. The lowest BCUT2D eigenvalue weighted by atomic mass is 10.2. The Kier molecular flexibility index (Phi) is 4.97. The van der Waals surface area contributed by atoms with Crippen LogP contribution in [-0.4, -0.2) is 46.3 Å². The van der Waals surface area contributed by atoms with E-state index in [4.69, 9.17) is 4.74 Å². The quantitative estimate of drug-likeness (QED) is 0.831. The van der Waals surface area contributed by atoms with Gasteiger partial charge in [0.1, 0.15) is 17.7 Å². The maximum Gasteiger partial charge on any atom is 0.573 e. The molecule has 0 saturated carbocycles. The lowest BCUT2D eigenvalue weighted by molar-refractivity contribution is -0.274. The summed E-state index contributed by atoms with van der Waals surface area (Å²) in [5, 5.41) is 0. The van der Waals surface area contributed by atoms with Crippen LogP contribution in [0.4, 0.5) is 13.2 Å². The van der Waals surface area contributed by atoms with E-state index in [2.05, 4.69) is 14.7 Å². The molecule has 0 spiro atoms. The number of alkyl halides is 3. The SMILES string of the molecule is Cc1nccc(O[C@H]2CCN(C(=O)c3cccc(OC(F)(F)F)c3)C2)n1. The first-order valence-electron chi connectivity index (χ1n) is 7.91. The molecule has 1 fully saturated rings. The molecule has 1 saturated heterocycles. The third kappa shape index (κ3) is 4.62. The number of aryl methyl sites for hydroxylation is 1. The molecule has 26 heavy (non-hydrogen) atoms. The van der Waals surface area contributed by atoms with Crippen LogP contribution in [0.25, 0.3) is 0 Å². The molecule has 0 bridgehead atoms. The summed E-state index contributed by atoms with van der Waals surface area (Å²) in [6.07, 6.45) is -2.85. The monoisotopic (exact) mass is 367 g/mol. The summed E-state index contributed by atoms with van der Waals surface area (Å²) in [7, 11) is 0. The number of hydrogen-bond donors (Lipinski definition) is 0. The summed E-state index contributed by atoms with van der Waals surface area (Å²) in [5.74, 6) is 0.210. The average Bonchev–Trinajstić information content (AvgIpc) is 3.01. The number of amides is 1. The molecule has 2 heterocycles. The molecule has 9 heteroatoms. The Morgan fingerprint density at radius 3 is 2.85 bits per heavy atom. The molecular formula is C17H16F3N3O3. The van der Waals surface area contributed by atoms with Gasteiger partial charge in [0.2, 0.25) is 5.88 Å². The topological polar surface area (TPSA) is 64.5 Å². The highest BCUT2D eigenvalue weighted by Gasteiger charge is 2.32. The molecule has 1 amide bonds. The highest BCUT2D eigenvalue weighted by Crippen LogP contribution is 2.25. The van der Waals surface area contributed by atoms with Crippen molar-refractivity contribution in [3.8, 4) is 11.6 Å². The van der Waals surface area contributed by atoms with Crippen molar-refractivity contribution in [3.63, 3.8) is 0 Å². The largest absolute Gasteiger partial charge is 0.573 e. The van der Waals surface area contributed by atoms with Gasteiger partial charge in [-0.3, -0.25) is 4.79 Å². The number of rotatable bonds is 4. The van der Waals surface area contributed by atoms with Crippen LogP contribution < -0.4 is 9.47 Å². The van der Waals surface area contributed by atoms with E-state index in [9.17, 15) is 18.0 Å². The Morgan fingerprint density at radius 2 is 2.12 bits per heavy atom. The predicted molar refractivity (Wildman–Crippen MR) is 84.8 cm³/mol.